The lowest BCUT2D eigenvalue weighted by Crippen LogP contribution is -2.02. The fraction of sp³-hybridized carbons (Fsp3) is 0.273. The van der Waals surface area contributed by atoms with Crippen LogP contribution in [0.2, 0.25) is 5.28 Å². The second-order valence-electron chi connectivity index (χ2n) is 3.79. The molecule has 0 bridgehead atoms. The van der Waals surface area contributed by atoms with E-state index in [2.05, 4.69) is 30.2 Å². The number of imidazole rings is 1. The van der Waals surface area contributed by atoms with Crippen molar-refractivity contribution in [2.45, 2.75) is 13.5 Å². The van der Waals surface area contributed by atoms with Crippen molar-refractivity contribution >= 4 is 39.9 Å². The van der Waals surface area contributed by atoms with Crippen molar-refractivity contribution in [3.05, 3.63) is 21.9 Å². The zero-order valence-corrected chi connectivity index (χ0v) is 12.1. The van der Waals surface area contributed by atoms with Crippen molar-refractivity contribution in [3.8, 4) is 6.01 Å². The van der Waals surface area contributed by atoms with Gasteiger partial charge in [-0.25, -0.2) is 4.98 Å². The third-order valence-electron chi connectivity index (χ3n) is 2.47. The Balaban J connectivity index is 1.91. The molecule has 7 nitrogen and oxygen atoms in total. The number of nitrogens with zero attached hydrogens (tertiary/aromatic N) is 4. The lowest BCUT2D eigenvalue weighted by atomic mass is 10.5. The van der Waals surface area contributed by atoms with Gasteiger partial charge in [0.25, 0.3) is 6.01 Å². The number of H-pyrrole nitrogens is 1. The highest BCUT2D eigenvalue weighted by molar-refractivity contribution is 7.09. The van der Waals surface area contributed by atoms with Gasteiger partial charge in [-0.2, -0.15) is 15.0 Å². The number of ether oxygens (including phenoxy) is 1. The van der Waals surface area contributed by atoms with Crippen LogP contribution < -0.4 is 10.1 Å². The molecular weight excluding hydrogens is 300 g/mol. The number of halogens is 1. The molecule has 0 amide bonds. The summed E-state index contributed by atoms with van der Waals surface area (Å²) in [7, 11) is 0. The van der Waals surface area contributed by atoms with Crippen LogP contribution in [0.1, 0.15) is 11.9 Å². The van der Waals surface area contributed by atoms with E-state index in [1.54, 1.807) is 17.5 Å². The highest BCUT2D eigenvalue weighted by atomic mass is 35.5. The molecule has 0 spiro atoms. The Hall–Kier alpha value is -1.93. The van der Waals surface area contributed by atoms with Crippen LogP contribution >= 0.6 is 22.9 Å². The molecule has 0 saturated heterocycles. The normalized spacial score (nSPS) is 10.9. The molecule has 3 aromatic rings. The summed E-state index contributed by atoms with van der Waals surface area (Å²) >= 11 is 7.47. The average molecular weight is 311 g/mol. The summed E-state index contributed by atoms with van der Waals surface area (Å²) in [5, 5.41) is 6.18. The Bertz CT molecular complexity index is 713. The second kappa shape index (κ2) is 5.59. The Morgan fingerprint density at radius 2 is 2.30 bits per heavy atom. The molecule has 20 heavy (non-hydrogen) atoms. The summed E-state index contributed by atoms with van der Waals surface area (Å²) in [6.45, 7) is 2.95. The lowest BCUT2D eigenvalue weighted by molar-refractivity contribution is 0.317. The fourth-order valence-corrected chi connectivity index (χ4v) is 2.40. The summed E-state index contributed by atoms with van der Waals surface area (Å²) < 4.78 is 5.32. The van der Waals surface area contributed by atoms with Crippen LogP contribution in [0.5, 0.6) is 6.01 Å². The Labute approximate surface area is 123 Å². The quantitative estimate of drug-likeness (QED) is 0.704. The molecule has 3 rings (SSSR count). The van der Waals surface area contributed by atoms with Gasteiger partial charge in [-0.3, -0.25) is 4.98 Å². The molecule has 0 aliphatic heterocycles. The first-order valence-corrected chi connectivity index (χ1v) is 7.20. The van der Waals surface area contributed by atoms with Gasteiger partial charge in [0.2, 0.25) is 5.28 Å². The maximum absolute atomic E-state index is 5.91. The van der Waals surface area contributed by atoms with Crippen molar-refractivity contribution in [2.24, 2.45) is 0 Å². The third-order valence-corrected chi connectivity index (χ3v) is 3.42. The van der Waals surface area contributed by atoms with E-state index in [9.17, 15) is 0 Å². The highest BCUT2D eigenvalue weighted by Crippen LogP contribution is 2.23. The van der Waals surface area contributed by atoms with E-state index in [-0.39, 0.29) is 5.28 Å². The molecule has 0 aromatic carbocycles. The Kier molecular flexibility index (Phi) is 3.66. The van der Waals surface area contributed by atoms with Gasteiger partial charge in [-0.05, 0) is 18.5 Å². The average Bonchev–Trinajstić information content (AvgIpc) is 3.05. The van der Waals surface area contributed by atoms with Gasteiger partial charge < -0.3 is 10.1 Å². The van der Waals surface area contributed by atoms with Crippen molar-refractivity contribution in [1.82, 2.24) is 24.9 Å². The van der Waals surface area contributed by atoms with Crippen molar-refractivity contribution < 1.29 is 4.74 Å². The SMILES string of the molecule is CCOc1nc2c(NCc3nccs3)nc(Cl)nc2[nH]1. The van der Waals surface area contributed by atoms with Crippen LogP contribution in [0.4, 0.5) is 5.82 Å². The van der Waals surface area contributed by atoms with E-state index in [0.717, 1.165) is 5.01 Å². The molecule has 104 valence electrons. The van der Waals surface area contributed by atoms with Crippen molar-refractivity contribution in [2.75, 3.05) is 11.9 Å². The van der Waals surface area contributed by atoms with E-state index >= 15 is 0 Å². The number of nitrogens with one attached hydrogen (secondary N) is 2. The van der Waals surface area contributed by atoms with Gasteiger partial charge in [0.05, 0.1) is 13.2 Å². The van der Waals surface area contributed by atoms with Crippen LogP contribution in [0, 0.1) is 0 Å². The van der Waals surface area contributed by atoms with Gasteiger partial charge in [-0.1, -0.05) is 0 Å². The summed E-state index contributed by atoms with van der Waals surface area (Å²) in [6, 6.07) is 0.399. The summed E-state index contributed by atoms with van der Waals surface area (Å²) in [6.07, 6.45) is 1.76. The highest BCUT2D eigenvalue weighted by Gasteiger charge is 2.13. The van der Waals surface area contributed by atoms with Crippen LogP contribution in [0.15, 0.2) is 11.6 Å². The Morgan fingerprint density at radius 3 is 3.05 bits per heavy atom. The van der Waals surface area contributed by atoms with Gasteiger partial charge in [0, 0.05) is 11.6 Å². The number of aromatic amines is 1. The largest absolute Gasteiger partial charge is 0.465 e. The zero-order valence-electron chi connectivity index (χ0n) is 10.6. The van der Waals surface area contributed by atoms with Gasteiger partial charge in [0.1, 0.15) is 5.01 Å². The molecule has 0 aliphatic rings. The molecule has 3 heterocycles. The smallest absolute Gasteiger partial charge is 0.295 e. The lowest BCUT2D eigenvalue weighted by Gasteiger charge is -2.03. The number of rotatable bonds is 5. The van der Waals surface area contributed by atoms with E-state index in [1.165, 1.54) is 0 Å². The number of anilines is 1. The molecule has 0 atom stereocenters. The molecule has 9 heteroatoms. The summed E-state index contributed by atoms with van der Waals surface area (Å²) in [5.41, 5.74) is 1.13. The summed E-state index contributed by atoms with van der Waals surface area (Å²) in [4.78, 5) is 19.7. The first-order chi connectivity index (χ1) is 9.76. The molecule has 0 fully saturated rings. The number of fused-ring (bicyclic) bond motifs is 1. The number of hydrogen-bond donors (Lipinski definition) is 2. The molecule has 0 radical (unpaired) electrons. The predicted molar refractivity (Wildman–Crippen MR) is 77.3 cm³/mol. The minimum Gasteiger partial charge on any atom is -0.465 e. The van der Waals surface area contributed by atoms with Crippen molar-refractivity contribution in [3.63, 3.8) is 0 Å². The second-order valence-corrected chi connectivity index (χ2v) is 5.11. The summed E-state index contributed by atoms with van der Waals surface area (Å²) in [5.74, 6) is 0.553. The fourth-order valence-electron chi connectivity index (χ4n) is 1.68. The van der Waals surface area contributed by atoms with Crippen LogP contribution in [0.3, 0.4) is 0 Å². The van der Waals surface area contributed by atoms with Crippen molar-refractivity contribution in [1.29, 1.82) is 0 Å². The van der Waals surface area contributed by atoms with Gasteiger partial charge >= 0.3 is 0 Å². The number of thiazole rings is 1. The molecule has 2 N–H and O–H groups in total. The maximum Gasteiger partial charge on any atom is 0.295 e. The van der Waals surface area contributed by atoms with Gasteiger partial charge in [-0.15, -0.1) is 11.3 Å². The van der Waals surface area contributed by atoms with E-state index < -0.39 is 0 Å². The number of hydrogen-bond acceptors (Lipinski definition) is 7. The molecule has 0 aliphatic carbocycles. The number of aromatic nitrogens is 5. The minimum absolute atomic E-state index is 0.144. The Morgan fingerprint density at radius 1 is 1.40 bits per heavy atom. The molecule has 0 unspecified atom stereocenters. The van der Waals surface area contributed by atoms with E-state index in [4.69, 9.17) is 16.3 Å². The molecular formula is C11H11ClN6OS. The van der Waals surface area contributed by atoms with Crippen LogP contribution in [0.25, 0.3) is 11.2 Å². The predicted octanol–water partition coefficient (Wildman–Crippen LogP) is 2.47. The first kappa shape index (κ1) is 13.1. The first-order valence-electron chi connectivity index (χ1n) is 5.94. The molecule has 0 saturated carbocycles. The van der Waals surface area contributed by atoms with Crippen LogP contribution in [-0.4, -0.2) is 31.5 Å². The third kappa shape index (κ3) is 2.66. The van der Waals surface area contributed by atoms with Crippen LogP contribution in [-0.2, 0) is 6.54 Å². The standard InChI is InChI=1S/C11H11ClN6OS/c1-2-19-11-15-7-8(14-5-6-13-3-4-20-6)16-10(12)17-9(7)18-11/h3-4H,2,5H2,1H3,(H2,14,15,16,17,18). The monoisotopic (exact) mass is 310 g/mol. The maximum atomic E-state index is 5.91. The van der Waals surface area contributed by atoms with E-state index in [1.807, 2.05) is 12.3 Å². The zero-order chi connectivity index (χ0) is 13.9. The topological polar surface area (TPSA) is 88.6 Å². The minimum atomic E-state index is 0.144. The van der Waals surface area contributed by atoms with E-state index in [0.29, 0.717) is 36.1 Å². The van der Waals surface area contributed by atoms with Gasteiger partial charge in [0.15, 0.2) is 17.0 Å². The molecule has 3 aromatic heterocycles.